The smallest absolute Gasteiger partial charge is 0.323 e. The van der Waals surface area contributed by atoms with E-state index in [1.54, 1.807) is 6.08 Å². The van der Waals surface area contributed by atoms with Crippen LogP contribution in [-0.2, 0) is 16.2 Å². The van der Waals surface area contributed by atoms with Gasteiger partial charge in [-0.25, -0.2) is 0 Å². The molecule has 3 rings (SSSR count). The molecule has 1 N–H and O–H groups in total. The Hall–Kier alpha value is -2.64. The SMILES string of the molecule is O=C(O)CN1C(=O)/C(=C/c2ccccc2OCc2ccccc2)SC1=S. The van der Waals surface area contributed by atoms with E-state index in [9.17, 15) is 9.59 Å². The van der Waals surface area contributed by atoms with Crippen LogP contribution in [-0.4, -0.2) is 32.7 Å². The summed E-state index contributed by atoms with van der Waals surface area (Å²) in [7, 11) is 0. The van der Waals surface area contributed by atoms with Crippen LogP contribution < -0.4 is 4.74 Å². The second kappa shape index (κ2) is 8.16. The molecule has 2 aromatic carbocycles. The van der Waals surface area contributed by atoms with Crippen molar-refractivity contribution in [1.82, 2.24) is 4.90 Å². The van der Waals surface area contributed by atoms with Gasteiger partial charge in [-0.15, -0.1) is 0 Å². The first kappa shape index (κ1) is 18.2. The molecule has 1 amide bonds. The average molecular weight is 385 g/mol. The van der Waals surface area contributed by atoms with Gasteiger partial charge in [0.25, 0.3) is 5.91 Å². The van der Waals surface area contributed by atoms with Gasteiger partial charge in [0.05, 0.1) is 4.91 Å². The maximum atomic E-state index is 12.4. The van der Waals surface area contributed by atoms with Gasteiger partial charge in [0.2, 0.25) is 0 Å². The van der Waals surface area contributed by atoms with Crippen molar-refractivity contribution in [2.45, 2.75) is 6.61 Å². The summed E-state index contributed by atoms with van der Waals surface area (Å²) in [5.74, 6) is -0.866. The van der Waals surface area contributed by atoms with Crippen molar-refractivity contribution < 1.29 is 19.4 Å². The second-order valence-electron chi connectivity index (χ2n) is 5.47. The summed E-state index contributed by atoms with van der Waals surface area (Å²) in [5.41, 5.74) is 1.77. The molecule has 0 bridgehead atoms. The van der Waals surface area contributed by atoms with Gasteiger partial charge >= 0.3 is 5.97 Å². The fraction of sp³-hybridized carbons (Fsp3) is 0.105. The zero-order chi connectivity index (χ0) is 18.5. The minimum Gasteiger partial charge on any atom is -0.488 e. The van der Waals surface area contributed by atoms with Crippen molar-refractivity contribution in [3.63, 3.8) is 0 Å². The zero-order valence-corrected chi connectivity index (χ0v) is 15.3. The summed E-state index contributed by atoms with van der Waals surface area (Å²) in [6.45, 7) is -0.0279. The van der Waals surface area contributed by atoms with Gasteiger partial charge in [0, 0.05) is 5.56 Å². The number of carbonyl (C=O) groups is 2. The molecule has 2 aromatic rings. The molecule has 26 heavy (non-hydrogen) atoms. The molecule has 1 heterocycles. The fourth-order valence-corrected chi connectivity index (χ4v) is 3.63. The molecule has 0 atom stereocenters. The third-order valence-corrected chi connectivity index (χ3v) is 4.99. The molecular formula is C19H15NO4S2. The average Bonchev–Trinajstić information content (AvgIpc) is 2.89. The topological polar surface area (TPSA) is 66.8 Å². The number of thioether (sulfide) groups is 1. The van der Waals surface area contributed by atoms with Gasteiger partial charge in [-0.2, -0.15) is 0 Å². The van der Waals surface area contributed by atoms with Gasteiger partial charge < -0.3 is 9.84 Å². The zero-order valence-electron chi connectivity index (χ0n) is 13.6. The van der Waals surface area contributed by atoms with Crippen LogP contribution in [0.25, 0.3) is 6.08 Å². The Bertz CT molecular complexity index is 880. The highest BCUT2D eigenvalue weighted by atomic mass is 32.2. The lowest BCUT2D eigenvalue weighted by molar-refractivity contribution is -0.140. The molecule has 1 aliphatic heterocycles. The van der Waals surface area contributed by atoms with Gasteiger partial charge in [0.15, 0.2) is 0 Å². The molecule has 5 nitrogen and oxygen atoms in total. The van der Waals surface area contributed by atoms with Gasteiger partial charge in [0.1, 0.15) is 23.2 Å². The highest BCUT2D eigenvalue weighted by Gasteiger charge is 2.33. The Labute approximate surface area is 160 Å². The maximum Gasteiger partial charge on any atom is 0.323 e. The first-order valence-electron chi connectivity index (χ1n) is 7.77. The molecule has 1 aliphatic rings. The van der Waals surface area contributed by atoms with E-state index in [1.165, 1.54) is 0 Å². The Morgan fingerprint density at radius 3 is 2.58 bits per heavy atom. The van der Waals surface area contributed by atoms with E-state index < -0.39 is 18.4 Å². The third-order valence-electron chi connectivity index (χ3n) is 3.61. The van der Waals surface area contributed by atoms with Crippen molar-refractivity contribution in [1.29, 1.82) is 0 Å². The largest absolute Gasteiger partial charge is 0.488 e. The quantitative estimate of drug-likeness (QED) is 0.606. The number of carboxylic acid groups (broad SMARTS) is 1. The molecule has 0 radical (unpaired) electrons. The van der Waals surface area contributed by atoms with Crippen molar-refractivity contribution in [2.75, 3.05) is 6.54 Å². The number of carboxylic acids is 1. The highest BCUT2D eigenvalue weighted by Crippen LogP contribution is 2.34. The molecular weight excluding hydrogens is 370 g/mol. The summed E-state index contributed by atoms with van der Waals surface area (Å²) in [6.07, 6.45) is 1.68. The van der Waals surface area contributed by atoms with Crippen molar-refractivity contribution in [2.24, 2.45) is 0 Å². The van der Waals surface area contributed by atoms with Crippen LogP contribution >= 0.6 is 24.0 Å². The lowest BCUT2D eigenvalue weighted by atomic mass is 10.1. The fourth-order valence-electron chi connectivity index (χ4n) is 2.38. The second-order valence-corrected chi connectivity index (χ2v) is 7.15. The molecule has 0 saturated carbocycles. The van der Waals surface area contributed by atoms with E-state index >= 15 is 0 Å². The number of thiocarbonyl (C=S) groups is 1. The van der Waals surface area contributed by atoms with Crippen LogP contribution in [0.4, 0.5) is 0 Å². The number of para-hydroxylation sites is 1. The Balaban J connectivity index is 1.79. The number of carbonyl (C=O) groups excluding carboxylic acids is 1. The number of hydrogen-bond donors (Lipinski definition) is 1. The predicted molar refractivity (Wildman–Crippen MR) is 105 cm³/mol. The van der Waals surface area contributed by atoms with Crippen LogP contribution in [0.5, 0.6) is 5.75 Å². The Morgan fingerprint density at radius 1 is 1.15 bits per heavy atom. The number of hydrogen-bond acceptors (Lipinski definition) is 5. The van der Waals surface area contributed by atoms with E-state index in [1.807, 2.05) is 54.6 Å². The van der Waals surface area contributed by atoms with Crippen molar-refractivity contribution >= 4 is 46.3 Å². The number of aliphatic carboxylic acids is 1. The number of amides is 1. The summed E-state index contributed by atoms with van der Waals surface area (Å²) in [4.78, 5) is 24.7. The number of ether oxygens (including phenoxy) is 1. The summed E-state index contributed by atoms with van der Waals surface area (Å²) in [6, 6.07) is 17.1. The molecule has 0 aromatic heterocycles. The van der Waals surface area contributed by atoms with Gasteiger partial charge in [-0.1, -0.05) is 72.5 Å². The maximum absolute atomic E-state index is 12.4. The molecule has 7 heteroatoms. The molecule has 0 unspecified atom stereocenters. The van der Waals surface area contributed by atoms with E-state index in [0.717, 1.165) is 27.8 Å². The van der Waals surface area contributed by atoms with Crippen molar-refractivity contribution in [3.8, 4) is 5.75 Å². The van der Waals surface area contributed by atoms with Gasteiger partial charge in [-0.3, -0.25) is 14.5 Å². The summed E-state index contributed by atoms with van der Waals surface area (Å²) < 4.78 is 6.12. The van der Waals surface area contributed by atoms with Crippen LogP contribution in [0, 0.1) is 0 Å². The van der Waals surface area contributed by atoms with Crippen molar-refractivity contribution in [3.05, 3.63) is 70.6 Å². The minimum absolute atomic E-state index is 0.242. The molecule has 1 saturated heterocycles. The normalized spacial score (nSPS) is 15.5. The highest BCUT2D eigenvalue weighted by molar-refractivity contribution is 8.26. The number of nitrogens with zero attached hydrogens (tertiary/aromatic N) is 1. The first-order valence-corrected chi connectivity index (χ1v) is 9.00. The van der Waals surface area contributed by atoms with E-state index in [4.69, 9.17) is 22.1 Å². The third kappa shape index (κ3) is 4.30. The first-order chi connectivity index (χ1) is 12.5. The standard InChI is InChI=1S/C19H15NO4S2/c21-17(22)11-20-18(23)16(26-19(20)25)10-14-8-4-5-9-15(14)24-12-13-6-2-1-3-7-13/h1-10H,11-12H2,(H,21,22)/b16-10-. The lowest BCUT2D eigenvalue weighted by Gasteiger charge is -2.11. The van der Waals surface area contributed by atoms with E-state index in [2.05, 4.69) is 0 Å². The van der Waals surface area contributed by atoms with Crippen LogP contribution in [0.2, 0.25) is 0 Å². The molecule has 132 valence electrons. The van der Waals surface area contributed by atoms with E-state index in [-0.39, 0.29) is 4.32 Å². The van der Waals surface area contributed by atoms with Crippen LogP contribution in [0.15, 0.2) is 59.5 Å². The molecule has 0 spiro atoms. The number of benzene rings is 2. The minimum atomic E-state index is -1.10. The number of rotatable bonds is 6. The lowest BCUT2D eigenvalue weighted by Crippen LogP contribution is -2.33. The van der Waals surface area contributed by atoms with E-state index in [0.29, 0.717) is 17.3 Å². The van der Waals surface area contributed by atoms with Gasteiger partial charge in [-0.05, 0) is 17.7 Å². The van der Waals surface area contributed by atoms with Crippen LogP contribution in [0.1, 0.15) is 11.1 Å². The summed E-state index contributed by atoms with van der Waals surface area (Å²) >= 11 is 6.20. The van der Waals surface area contributed by atoms with Crippen LogP contribution in [0.3, 0.4) is 0 Å². The Morgan fingerprint density at radius 2 is 1.85 bits per heavy atom. The molecule has 0 aliphatic carbocycles. The molecule has 1 fully saturated rings. The summed E-state index contributed by atoms with van der Waals surface area (Å²) in [5, 5.41) is 8.91. The monoisotopic (exact) mass is 385 g/mol. The Kier molecular flexibility index (Phi) is 5.70. The predicted octanol–water partition coefficient (Wildman–Crippen LogP) is 3.55.